The smallest absolute Gasteiger partial charge is 0.251 e. The monoisotopic (exact) mass is 367 g/mol. The summed E-state index contributed by atoms with van der Waals surface area (Å²) in [5, 5.41) is 2.86. The number of aromatic nitrogens is 2. The molecular weight excluding hydrogens is 346 g/mol. The Labute approximate surface area is 156 Å². The quantitative estimate of drug-likeness (QED) is 0.809. The summed E-state index contributed by atoms with van der Waals surface area (Å²) in [7, 11) is 0. The van der Waals surface area contributed by atoms with Crippen LogP contribution in [-0.4, -0.2) is 45.4 Å². The minimum Gasteiger partial charge on any atom is -0.383 e. The third-order valence-corrected chi connectivity index (χ3v) is 4.86. The van der Waals surface area contributed by atoms with E-state index in [1.807, 2.05) is 12.1 Å². The van der Waals surface area contributed by atoms with Gasteiger partial charge in [0.1, 0.15) is 12.4 Å². The number of ether oxygens (including phenoxy) is 1. The van der Waals surface area contributed by atoms with Crippen LogP contribution in [0.3, 0.4) is 0 Å². The van der Waals surface area contributed by atoms with Crippen LogP contribution in [0.2, 0.25) is 0 Å². The first-order valence-corrected chi connectivity index (χ1v) is 8.95. The van der Waals surface area contributed by atoms with Gasteiger partial charge in [0, 0.05) is 36.7 Å². The molecule has 3 N–H and O–H groups in total. The van der Waals surface area contributed by atoms with E-state index >= 15 is 0 Å². The molecule has 2 atom stereocenters. The summed E-state index contributed by atoms with van der Waals surface area (Å²) in [6.07, 6.45) is 6.04. The van der Waals surface area contributed by atoms with Gasteiger partial charge in [-0.3, -0.25) is 14.6 Å². The van der Waals surface area contributed by atoms with Crippen LogP contribution in [0.25, 0.3) is 0 Å². The van der Waals surface area contributed by atoms with Crippen LogP contribution < -0.4 is 11.1 Å². The van der Waals surface area contributed by atoms with E-state index < -0.39 is 12.1 Å². The van der Waals surface area contributed by atoms with E-state index in [1.165, 1.54) is 0 Å². The molecule has 0 bridgehead atoms. The van der Waals surface area contributed by atoms with Crippen molar-refractivity contribution in [3.63, 3.8) is 0 Å². The molecule has 2 aromatic rings. The van der Waals surface area contributed by atoms with Gasteiger partial charge in [0.2, 0.25) is 5.91 Å². The summed E-state index contributed by atoms with van der Waals surface area (Å²) in [5.41, 5.74) is 7.36. The minimum absolute atomic E-state index is 0.0908. The molecule has 4 rings (SSSR count). The van der Waals surface area contributed by atoms with Crippen molar-refractivity contribution < 1.29 is 14.3 Å². The maximum absolute atomic E-state index is 12.9. The number of carbonyl (C=O) groups excluding carboxylic acids is 2. The number of morpholine rings is 1. The first-order chi connectivity index (χ1) is 13.1. The Kier molecular flexibility index (Phi) is 4.72. The highest BCUT2D eigenvalue weighted by atomic mass is 16.5. The molecule has 1 saturated carbocycles. The molecule has 0 radical (unpaired) electrons. The number of pyridine rings is 2. The van der Waals surface area contributed by atoms with Gasteiger partial charge in [-0.15, -0.1) is 0 Å². The Balaban J connectivity index is 1.56. The average Bonchev–Trinajstić information content (AvgIpc) is 3.52. The number of nitrogens with one attached hydrogen (secondary N) is 1. The highest BCUT2D eigenvalue weighted by Gasteiger charge is 2.47. The Bertz CT molecular complexity index is 840. The van der Waals surface area contributed by atoms with Crippen molar-refractivity contribution >= 4 is 17.6 Å². The average molecular weight is 367 g/mol. The van der Waals surface area contributed by atoms with Gasteiger partial charge in [-0.05, 0) is 30.5 Å². The van der Waals surface area contributed by atoms with Gasteiger partial charge < -0.3 is 20.7 Å². The predicted octanol–water partition coefficient (Wildman–Crippen LogP) is 0.806. The van der Waals surface area contributed by atoms with Crippen LogP contribution >= 0.6 is 0 Å². The largest absolute Gasteiger partial charge is 0.383 e. The fourth-order valence-corrected chi connectivity index (χ4v) is 3.40. The second kappa shape index (κ2) is 7.32. The van der Waals surface area contributed by atoms with E-state index in [-0.39, 0.29) is 31.0 Å². The zero-order chi connectivity index (χ0) is 18.8. The Morgan fingerprint density at radius 2 is 2.11 bits per heavy atom. The Hall–Kier alpha value is -3.00. The van der Waals surface area contributed by atoms with E-state index in [0.29, 0.717) is 5.82 Å². The molecule has 1 saturated heterocycles. The Morgan fingerprint density at radius 3 is 2.81 bits per heavy atom. The number of nitrogens with two attached hydrogens (primary N) is 1. The highest BCUT2D eigenvalue weighted by molar-refractivity contribution is 5.86. The Morgan fingerprint density at radius 1 is 1.30 bits per heavy atom. The topological polar surface area (TPSA) is 110 Å². The van der Waals surface area contributed by atoms with Gasteiger partial charge in [-0.25, -0.2) is 4.98 Å². The van der Waals surface area contributed by atoms with Crippen LogP contribution in [0.15, 0.2) is 42.9 Å². The molecule has 2 fully saturated rings. The second-order valence-corrected chi connectivity index (χ2v) is 6.76. The number of hydrogen-bond acceptors (Lipinski definition) is 6. The lowest BCUT2D eigenvalue weighted by Gasteiger charge is -2.40. The summed E-state index contributed by atoms with van der Waals surface area (Å²) >= 11 is 0. The fourth-order valence-electron chi connectivity index (χ4n) is 3.40. The van der Waals surface area contributed by atoms with Crippen molar-refractivity contribution in [3.05, 3.63) is 54.0 Å². The summed E-state index contributed by atoms with van der Waals surface area (Å²) in [4.78, 5) is 35.3. The van der Waals surface area contributed by atoms with E-state index in [0.717, 1.165) is 24.0 Å². The molecule has 8 nitrogen and oxygen atoms in total. The van der Waals surface area contributed by atoms with Crippen LogP contribution in [0.1, 0.15) is 30.0 Å². The van der Waals surface area contributed by atoms with Crippen LogP contribution in [0.4, 0.5) is 5.82 Å². The SMILES string of the molecule is Nc1ncccc1CNC(=O)[C@H]1OCC(=O)N(C2CC2)[C@@H]1c1cccnc1. The number of amides is 2. The number of hydrogen-bond donors (Lipinski definition) is 2. The van der Waals surface area contributed by atoms with E-state index in [4.69, 9.17) is 10.5 Å². The lowest BCUT2D eigenvalue weighted by atomic mass is 9.98. The number of nitrogens with zero attached hydrogens (tertiary/aromatic N) is 3. The maximum atomic E-state index is 12.9. The summed E-state index contributed by atoms with van der Waals surface area (Å²) < 4.78 is 5.67. The third-order valence-electron chi connectivity index (χ3n) is 4.86. The van der Waals surface area contributed by atoms with Crippen LogP contribution in [0, 0.1) is 0 Å². The highest BCUT2D eigenvalue weighted by Crippen LogP contribution is 2.39. The molecule has 2 amide bonds. The molecule has 27 heavy (non-hydrogen) atoms. The van der Waals surface area contributed by atoms with Gasteiger partial charge in [0.25, 0.3) is 5.91 Å². The maximum Gasteiger partial charge on any atom is 0.251 e. The van der Waals surface area contributed by atoms with Crippen molar-refractivity contribution in [3.8, 4) is 0 Å². The molecule has 2 aromatic heterocycles. The van der Waals surface area contributed by atoms with Crippen molar-refractivity contribution in [2.24, 2.45) is 0 Å². The van der Waals surface area contributed by atoms with Gasteiger partial charge in [0.05, 0.1) is 6.04 Å². The van der Waals surface area contributed by atoms with E-state index in [9.17, 15) is 9.59 Å². The van der Waals surface area contributed by atoms with Crippen molar-refractivity contribution in [1.29, 1.82) is 0 Å². The molecular formula is C19H21N5O3. The van der Waals surface area contributed by atoms with Gasteiger partial charge in [-0.2, -0.15) is 0 Å². The lowest BCUT2D eigenvalue weighted by Crippen LogP contribution is -2.55. The van der Waals surface area contributed by atoms with E-state index in [1.54, 1.807) is 35.6 Å². The van der Waals surface area contributed by atoms with Gasteiger partial charge >= 0.3 is 0 Å². The molecule has 8 heteroatoms. The molecule has 140 valence electrons. The molecule has 1 aliphatic heterocycles. The number of rotatable bonds is 5. The zero-order valence-electron chi connectivity index (χ0n) is 14.7. The molecule has 0 unspecified atom stereocenters. The van der Waals surface area contributed by atoms with Gasteiger partial charge in [-0.1, -0.05) is 12.1 Å². The summed E-state index contributed by atoms with van der Waals surface area (Å²) in [6.45, 7) is 0.149. The zero-order valence-corrected chi connectivity index (χ0v) is 14.7. The molecule has 3 heterocycles. The van der Waals surface area contributed by atoms with E-state index in [2.05, 4.69) is 15.3 Å². The standard InChI is InChI=1S/C19H21N5O3/c20-18-13(4-2-8-22-18)10-23-19(26)17-16(12-3-1-7-21-9-12)24(14-5-6-14)15(25)11-27-17/h1-4,7-9,14,16-17H,5-6,10-11H2,(H2,20,22)(H,23,26)/t16-,17+/m1/s1. The summed E-state index contributed by atoms with van der Waals surface area (Å²) in [6, 6.07) is 6.91. The molecule has 1 aliphatic carbocycles. The minimum atomic E-state index is -0.801. The number of nitrogen functional groups attached to an aromatic ring is 1. The van der Waals surface area contributed by atoms with Gasteiger partial charge in [0.15, 0.2) is 6.10 Å². The lowest BCUT2D eigenvalue weighted by molar-refractivity contribution is -0.165. The molecule has 0 spiro atoms. The van der Waals surface area contributed by atoms with Crippen LogP contribution in [0.5, 0.6) is 0 Å². The molecule has 2 aliphatic rings. The van der Waals surface area contributed by atoms with Crippen molar-refractivity contribution in [1.82, 2.24) is 20.2 Å². The summed E-state index contributed by atoms with van der Waals surface area (Å²) in [5.74, 6) is -0.00174. The molecule has 0 aromatic carbocycles. The predicted molar refractivity (Wildman–Crippen MR) is 97.1 cm³/mol. The fraction of sp³-hybridized carbons (Fsp3) is 0.368. The van der Waals surface area contributed by atoms with Crippen molar-refractivity contribution in [2.75, 3.05) is 12.3 Å². The van der Waals surface area contributed by atoms with Crippen LogP contribution in [-0.2, 0) is 20.9 Å². The third kappa shape index (κ3) is 3.61. The number of anilines is 1. The second-order valence-electron chi connectivity index (χ2n) is 6.76. The first kappa shape index (κ1) is 17.4. The normalized spacial score (nSPS) is 22.5. The van der Waals surface area contributed by atoms with Crippen molar-refractivity contribution in [2.45, 2.75) is 37.6 Å². The first-order valence-electron chi connectivity index (χ1n) is 8.95. The number of carbonyl (C=O) groups is 2.